The summed E-state index contributed by atoms with van der Waals surface area (Å²) in [6.45, 7) is 3.88. The van der Waals surface area contributed by atoms with Crippen LogP contribution in [0.2, 0.25) is 0 Å². The van der Waals surface area contributed by atoms with Crippen molar-refractivity contribution in [2.75, 3.05) is 5.32 Å². The predicted molar refractivity (Wildman–Crippen MR) is 80.0 cm³/mol. The van der Waals surface area contributed by atoms with Crippen molar-refractivity contribution in [3.63, 3.8) is 0 Å². The molecule has 0 saturated heterocycles. The first kappa shape index (κ1) is 15.6. The van der Waals surface area contributed by atoms with E-state index in [1.807, 2.05) is 7.05 Å². The molecule has 21 heavy (non-hydrogen) atoms. The third kappa shape index (κ3) is 4.32. The number of aromatic nitrogens is 4. The highest BCUT2D eigenvalue weighted by molar-refractivity contribution is 8.00. The summed E-state index contributed by atoms with van der Waals surface area (Å²) >= 11 is 1.42. The Bertz CT molecular complexity index is 595. The molecule has 0 aliphatic carbocycles. The number of carbonyl (C=O) groups is 1. The van der Waals surface area contributed by atoms with Gasteiger partial charge < -0.3 is 14.4 Å². The van der Waals surface area contributed by atoms with E-state index in [9.17, 15) is 4.79 Å². The molecule has 0 spiro atoms. The van der Waals surface area contributed by atoms with Crippen LogP contribution in [0.3, 0.4) is 0 Å². The fraction of sp³-hybridized carbons (Fsp3) is 0.538. The van der Waals surface area contributed by atoms with E-state index in [2.05, 4.69) is 27.6 Å². The zero-order valence-corrected chi connectivity index (χ0v) is 13.2. The Hall–Kier alpha value is -1.83. The van der Waals surface area contributed by atoms with Gasteiger partial charge in [0.2, 0.25) is 5.91 Å². The van der Waals surface area contributed by atoms with Crippen LogP contribution in [-0.4, -0.2) is 31.1 Å². The van der Waals surface area contributed by atoms with E-state index in [4.69, 9.17) is 4.52 Å². The topological polar surface area (TPSA) is 85.8 Å². The second kappa shape index (κ2) is 7.26. The van der Waals surface area contributed by atoms with E-state index >= 15 is 0 Å². The lowest BCUT2D eigenvalue weighted by atomic mass is 10.2. The van der Waals surface area contributed by atoms with Crippen LogP contribution in [0, 0.1) is 6.92 Å². The van der Waals surface area contributed by atoms with Crippen molar-refractivity contribution < 1.29 is 9.32 Å². The van der Waals surface area contributed by atoms with Crippen LogP contribution in [0.5, 0.6) is 0 Å². The van der Waals surface area contributed by atoms with E-state index < -0.39 is 0 Å². The summed E-state index contributed by atoms with van der Waals surface area (Å²) < 4.78 is 6.76. The maximum absolute atomic E-state index is 12.4. The van der Waals surface area contributed by atoms with Crippen molar-refractivity contribution in [1.29, 1.82) is 0 Å². The molecular formula is C13H19N5O2S. The highest BCUT2D eigenvalue weighted by Gasteiger charge is 2.22. The van der Waals surface area contributed by atoms with Crippen molar-refractivity contribution in [2.24, 2.45) is 7.05 Å². The summed E-state index contributed by atoms with van der Waals surface area (Å²) in [5.74, 6) is 1.01. The molecule has 7 nitrogen and oxygen atoms in total. The quantitative estimate of drug-likeness (QED) is 0.790. The molecule has 0 radical (unpaired) electrons. The van der Waals surface area contributed by atoms with Crippen LogP contribution in [0.15, 0.2) is 22.1 Å². The molecule has 0 aliphatic rings. The fourth-order valence-electron chi connectivity index (χ4n) is 1.77. The number of hydrogen-bond acceptors (Lipinski definition) is 6. The van der Waals surface area contributed by atoms with Gasteiger partial charge in [0.05, 0.1) is 5.25 Å². The Morgan fingerprint density at radius 1 is 1.57 bits per heavy atom. The number of aryl methyl sites for hydroxylation is 2. The van der Waals surface area contributed by atoms with E-state index in [1.165, 1.54) is 11.8 Å². The lowest BCUT2D eigenvalue weighted by molar-refractivity contribution is -0.115. The standard InChI is InChI=1S/C13H19N5O2S/c1-4-5-6-10(21-13-16-14-8-18(13)3)12(19)15-11-7-9(2)20-17-11/h7-8,10H,4-6H2,1-3H3,(H,15,17,19)/t10-/m0/s1. The zero-order chi connectivity index (χ0) is 15.2. The Labute approximate surface area is 127 Å². The average molecular weight is 309 g/mol. The minimum Gasteiger partial charge on any atom is -0.360 e. The third-order valence-corrected chi connectivity index (χ3v) is 4.22. The highest BCUT2D eigenvalue weighted by atomic mass is 32.2. The van der Waals surface area contributed by atoms with Crippen LogP contribution >= 0.6 is 11.8 Å². The summed E-state index contributed by atoms with van der Waals surface area (Å²) in [6.07, 6.45) is 4.40. The van der Waals surface area contributed by atoms with Gasteiger partial charge >= 0.3 is 0 Å². The maximum atomic E-state index is 12.4. The van der Waals surface area contributed by atoms with Crippen molar-refractivity contribution in [1.82, 2.24) is 19.9 Å². The molecule has 0 aliphatic heterocycles. The summed E-state index contributed by atoms with van der Waals surface area (Å²) in [7, 11) is 1.86. The van der Waals surface area contributed by atoms with Gasteiger partial charge in [0.25, 0.3) is 0 Å². The Balaban J connectivity index is 2.03. The number of unbranched alkanes of at least 4 members (excludes halogenated alkanes) is 1. The number of carbonyl (C=O) groups excluding carboxylic acids is 1. The molecule has 0 bridgehead atoms. The molecule has 2 aromatic rings. The van der Waals surface area contributed by atoms with Crippen molar-refractivity contribution in [3.05, 3.63) is 18.2 Å². The number of nitrogens with one attached hydrogen (secondary N) is 1. The minimum absolute atomic E-state index is 0.0928. The highest BCUT2D eigenvalue weighted by Crippen LogP contribution is 2.25. The van der Waals surface area contributed by atoms with Crippen molar-refractivity contribution in [2.45, 2.75) is 43.5 Å². The van der Waals surface area contributed by atoms with Crippen LogP contribution in [0.1, 0.15) is 31.9 Å². The Kier molecular flexibility index (Phi) is 5.38. The van der Waals surface area contributed by atoms with Crippen LogP contribution in [0.4, 0.5) is 5.82 Å². The van der Waals surface area contributed by atoms with Gasteiger partial charge in [-0.3, -0.25) is 4.79 Å². The lowest BCUT2D eigenvalue weighted by Crippen LogP contribution is -2.25. The molecule has 1 amide bonds. The van der Waals surface area contributed by atoms with Gasteiger partial charge in [-0.1, -0.05) is 36.7 Å². The first-order chi connectivity index (χ1) is 10.1. The molecule has 0 fully saturated rings. The van der Waals surface area contributed by atoms with Crippen molar-refractivity contribution >= 4 is 23.5 Å². The number of thioether (sulfide) groups is 1. The van der Waals surface area contributed by atoms with E-state index in [0.29, 0.717) is 11.6 Å². The van der Waals surface area contributed by atoms with Gasteiger partial charge in [0, 0.05) is 13.1 Å². The molecule has 1 atom stereocenters. The number of amides is 1. The first-order valence-corrected chi connectivity index (χ1v) is 7.73. The van der Waals surface area contributed by atoms with Gasteiger partial charge in [0.15, 0.2) is 11.0 Å². The minimum atomic E-state index is -0.232. The number of anilines is 1. The Morgan fingerprint density at radius 3 is 2.95 bits per heavy atom. The van der Waals surface area contributed by atoms with E-state index in [0.717, 1.165) is 24.4 Å². The maximum Gasteiger partial charge on any atom is 0.239 e. The molecule has 2 aromatic heterocycles. The molecule has 2 heterocycles. The number of nitrogens with zero attached hydrogens (tertiary/aromatic N) is 4. The third-order valence-electron chi connectivity index (χ3n) is 2.91. The first-order valence-electron chi connectivity index (χ1n) is 6.85. The van der Waals surface area contributed by atoms with Gasteiger partial charge in [-0.05, 0) is 13.3 Å². The van der Waals surface area contributed by atoms with Crippen LogP contribution in [0.25, 0.3) is 0 Å². The SMILES string of the molecule is CCCC[C@H](Sc1nncn1C)C(=O)Nc1cc(C)on1. The number of rotatable bonds is 7. The fourth-order valence-corrected chi connectivity index (χ4v) is 2.78. The van der Waals surface area contributed by atoms with Gasteiger partial charge in [0.1, 0.15) is 12.1 Å². The predicted octanol–water partition coefficient (Wildman–Crippen LogP) is 2.40. The van der Waals surface area contributed by atoms with Crippen LogP contribution in [-0.2, 0) is 11.8 Å². The molecule has 0 aromatic carbocycles. The van der Waals surface area contributed by atoms with E-state index in [1.54, 1.807) is 23.9 Å². The van der Waals surface area contributed by atoms with E-state index in [-0.39, 0.29) is 11.2 Å². The van der Waals surface area contributed by atoms with Gasteiger partial charge in [-0.15, -0.1) is 10.2 Å². The Morgan fingerprint density at radius 2 is 2.38 bits per heavy atom. The molecule has 1 N–H and O–H groups in total. The summed E-state index contributed by atoms with van der Waals surface area (Å²) in [5.41, 5.74) is 0. The second-order valence-corrected chi connectivity index (χ2v) is 5.96. The number of hydrogen-bond donors (Lipinski definition) is 1. The van der Waals surface area contributed by atoms with Gasteiger partial charge in [-0.25, -0.2) is 0 Å². The molecule has 114 valence electrons. The summed E-state index contributed by atoms with van der Waals surface area (Å²) in [5, 5.41) is 14.9. The van der Waals surface area contributed by atoms with Crippen LogP contribution < -0.4 is 5.32 Å². The largest absolute Gasteiger partial charge is 0.360 e. The smallest absolute Gasteiger partial charge is 0.239 e. The second-order valence-electron chi connectivity index (χ2n) is 4.79. The summed E-state index contributed by atoms with van der Waals surface area (Å²) in [6, 6.07) is 1.70. The monoisotopic (exact) mass is 309 g/mol. The molecular weight excluding hydrogens is 290 g/mol. The average Bonchev–Trinajstić information content (AvgIpc) is 3.03. The molecule has 0 unspecified atom stereocenters. The molecule has 0 saturated carbocycles. The molecule has 2 rings (SSSR count). The normalized spacial score (nSPS) is 12.3. The van der Waals surface area contributed by atoms with Gasteiger partial charge in [-0.2, -0.15) is 0 Å². The van der Waals surface area contributed by atoms with Crippen molar-refractivity contribution in [3.8, 4) is 0 Å². The summed E-state index contributed by atoms with van der Waals surface area (Å²) in [4.78, 5) is 12.4. The molecule has 8 heteroatoms. The zero-order valence-electron chi connectivity index (χ0n) is 12.4. The lowest BCUT2D eigenvalue weighted by Gasteiger charge is -2.14.